The largest absolute Gasteiger partial charge is 0.491 e. The SMILES string of the molecule is CN(C)CCOc1ccccc1C(=O)N1CCOC(c2ccc(F)c(F)c2)C1. The summed E-state index contributed by atoms with van der Waals surface area (Å²) in [7, 11) is 3.90. The van der Waals surface area contributed by atoms with Crippen LogP contribution in [0.25, 0.3) is 0 Å². The lowest BCUT2D eigenvalue weighted by Gasteiger charge is -2.33. The molecule has 28 heavy (non-hydrogen) atoms. The molecule has 1 fully saturated rings. The Hall–Kier alpha value is -2.51. The fraction of sp³-hybridized carbons (Fsp3) is 0.381. The second kappa shape index (κ2) is 9.12. The van der Waals surface area contributed by atoms with Crippen LogP contribution in [0.3, 0.4) is 0 Å². The summed E-state index contributed by atoms with van der Waals surface area (Å²) in [6.07, 6.45) is -0.505. The smallest absolute Gasteiger partial charge is 0.257 e. The van der Waals surface area contributed by atoms with E-state index in [0.717, 1.165) is 18.7 Å². The van der Waals surface area contributed by atoms with E-state index in [-0.39, 0.29) is 12.5 Å². The monoisotopic (exact) mass is 390 g/mol. The van der Waals surface area contributed by atoms with Crippen LogP contribution in [-0.2, 0) is 4.74 Å². The topological polar surface area (TPSA) is 42.0 Å². The van der Waals surface area contributed by atoms with Crippen LogP contribution in [-0.4, -0.2) is 62.7 Å². The first-order valence-corrected chi connectivity index (χ1v) is 9.18. The van der Waals surface area contributed by atoms with Crippen LogP contribution in [0, 0.1) is 11.6 Å². The molecular formula is C21H24F2N2O3. The van der Waals surface area contributed by atoms with Gasteiger partial charge in [0, 0.05) is 13.1 Å². The van der Waals surface area contributed by atoms with Gasteiger partial charge in [0.15, 0.2) is 11.6 Å². The lowest BCUT2D eigenvalue weighted by atomic mass is 10.1. The molecule has 0 aliphatic carbocycles. The van der Waals surface area contributed by atoms with Gasteiger partial charge in [0.05, 0.1) is 18.7 Å². The zero-order valence-corrected chi connectivity index (χ0v) is 16.0. The van der Waals surface area contributed by atoms with Crippen molar-refractivity contribution in [3.05, 3.63) is 65.2 Å². The number of carbonyl (C=O) groups excluding carboxylic acids is 1. The lowest BCUT2D eigenvalue weighted by molar-refractivity contribution is -0.0230. The van der Waals surface area contributed by atoms with Crippen molar-refractivity contribution < 1.29 is 23.0 Å². The van der Waals surface area contributed by atoms with E-state index in [9.17, 15) is 13.6 Å². The standard InChI is InChI=1S/C21H24F2N2O3/c1-24(2)9-11-27-19-6-4-3-5-16(19)21(26)25-10-12-28-20(14-25)15-7-8-17(22)18(23)13-15/h3-8,13,20H,9-12,14H2,1-2H3. The number of hydrogen-bond acceptors (Lipinski definition) is 4. The summed E-state index contributed by atoms with van der Waals surface area (Å²) >= 11 is 0. The van der Waals surface area contributed by atoms with Crippen molar-refractivity contribution >= 4 is 5.91 Å². The summed E-state index contributed by atoms with van der Waals surface area (Å²) in [6, 6.07) is 10.8. The number of likely N-dealkylation sites (N-methyl/N-ethyl adjacent to an activating group) is 1. The Bertz CT molecular complexity index is 829. The van der Waals surface area contributed by atoms with Crippen molar-refractivity contribution in [1.29, 1.82) is 0 Å². The fourth-order valence-electron chi connectivity index (χ4n) is 3.03. The molecule has 1 amide bonds. The van der Waals surface area contributed by atoms with Gasteiger partial charge in [0.1, 0.15) is 18.5 Å². The average molecular weight is 390 g/mol. The van der Waals surface area contributed by atoms with E-state index >= 15 is 0 Å². The van der Waals surface area contributed by atoms with Gasteiger partial charge in [-0.15, -0.1) is 0 Å². The van der Waals surface area contributed by atoms with Gasteiger partial charge in [0.25, 0.3) is 5.91 Å². The van der Waals surface area contributed by atoms with Crippen molar-refractivity contribution in [3.63, 3.8) is 0 Å². The van der Waals surface area contributed by atoms with Gasteiger partial charge in [-0.25, -0.2) is 8.78 Å². The van der Waals surface area contributed by atoms with Gasteiger partial charge in [-0.3, -0.25) is 4.79 Å². The molecule has 3 rings (SSSR count). The van der Waals surface area contributed by atoms with Gasteiger partial charge in [-0.05, 0) is 43.9 Å². The molecule has 2 aromatic carbocycles. The Balaban J connectivity index is 1.72. The summed E-state index contributed by atoms with van der Waals surface area (Å²) in [4.78, 5) is 16.7. The molecule has 150 valence electrons. The summed E-state index contributed by atoms with van der Waals surface area (Å²) in [5.74, 6) is -1.47. The molecule has 7 heteroatoms. The minimum Gasteiger partial charge on any atom is -0.491 e. The highest BCUT2D eigenvalue weighted by atomic mass is 19.2. The molecule has 1 unspecified atom stereocenters. The van der Waals surface area contributed by atoms with Crippen molar-refractivity contribution in [2.45, 2.75) is 6.10 Å². The number of para-hydroxylation sites is 1. The molecule has 0 saturated carbocycles. The maximum Gasteiger partial charge on any atom is 0.257 e. The number of hydrogen-bond donors (Lipinski definition) is 0. The Morgan fingerprint density at radius 2 is 2.00 bits per heavy atom. The third-order valence-electron chi connectivity index (χ3n) is 4.58. The van der Waals surface area contributed by atoms with Gasteiger partial charge in [-0.2, -0.15) is 0 Å². The fourth-order valence-corrected chi connectivity index (χ4v) is 3.03. The highest BCUT2D eigenvalue weighted by molar-refractivity contribution is 5.97. The Labute approximate surface area is 163 Å². The molecule has 1 heterocycles. The van der Waals surface area contributed by atoms with E-state index in [1.54, 1.807) is 23.1 Å². The third kappa shape index (κ3) is 4.85. The van der Waals surface area contributed by atoms with Crippen LogP contribution in [0.15, 0.2) is 42.5 Å². The molecule has 1 saturated heterocycles. The predicted octanol–water partition coefficient (Wildman–Crippen LogP) is 3.12. The van der Waals surface area contributed by atoms with Crippen LogP contribution in [0.4, 0.5) is 8.78 Å². The zero-order chi connectivity index (χ0) is 20.1. The summed E-state index contributed by atoms with van der Waals surface area (Å²) in [6.45, 7) is 2.20. The second-order valence-corrected chi connectivity index (χ2v) is 6.93. The van der Waals surface area contributed by atoms with Crippen molar-refractivity contribution in [2.24, 2.45) is 0 Å². The van der Waals surface area contributed by atoms with Gasteiger partial charge in [0.2, 0.25) is 0 Å². The molecule has 5 nitrogen and oxygen atoms in total. The first-order chi connectivity index (χ1) is 13.5. The van der Waals surface area contributed by atoms with Gasteiger partial charge < -0.3 is 19.3 Å². The normalized spacial score (nSPS) is 17.0. The van der Waals surface area contributed by atoms with E-state index in [2.05, 4.69) is 0 Å². The molecule has 0 N–H and O–H groups in total. The molecule has 1 aliphatic rings. The van der Waals surface area contributed by atoms with Gasteiger partial charge in [-0.1, -0.05) is 18.2 Å². The molecule has 1 aliphatic heterocycles. The predicted molar refractivity (Wildman–Crippen MR) is 101 cm³/mol. The molecule has 2 aromatic rings. The van der Waals surface area contributed by atoms with Crippen LogP contribution >= 0.6 is 0 Å². The highest BCUT2D eigenvalue weighted by Crippen LogP contribution is 2.27. The lowest BCUT2D eigenvalue weighted by Crippen LogP contribution is -2.42. The molecule has 0 spiro atoms. The number of nitrogens with zero attached hydrogens (tertiary/aromatic N) is 2. The van der Waals surface area contributed by atoms with Gasteiger partial charge >= 0.3 is 0 Å². The van der Waals surface area contributed by atoms with E-state index < -0.39 is 17.7 Å². The van der Waals surface area contributed by atoms with Crippen LogP contribution in [0.2, 0.25) is 0 Å². The number of benzene rings is 2. The quantitative estimate of drug-likeness (QED) is 0.760. The zero-order valence-electron chi connectivity index (χ0n) is 16.0. The van der Waals surface area contributed by atoms with Crippen molar-refractivity contribution in [3.8, 4) is 5.75 Å². The number of ether oxygens (including phenoxy) is 2. The maximum atomic E-state index is 13.6. The molecule has 0 bridgehead atoms. The molecule has 0 radical (unpaired) electrons. The van der Waals surface area contributed by atoms with Crippen LogP contribution in [0.1, 0.15) is 22.0 Å². The average Bonchev–Trinajstić information content (AvgIpc) is 2.70. The van der Waals surface area contributed by atoms with E-state index in [0.29, 0.717) is 36.6 Å². The van der Waals surface area contributed by atoms with Crippen LogP contribution in [0.5, 0.6) is 5.75 Å². The molecule has 0 aromatic heterocycles. The second-order valence-electron chi connectivity index (χ2n) is 6.93. The number of halogens is 2. The molecule has 1 atom stereocenters. The minimum atomic E-state index is -0.927. The number of rotatable bonds is 6. The Kier molecular flexibility index (Phi) is 6.59. The summed E-state index contributed by atoms with van der Waals surface area (Å²) in [5.41, 5.74) is 0.985. The van der Waals surface area contributed by atoms with Crippen LogP contribution < -0.4 is 4.74 Å². The number of amides is 1. The Morgan fingerprint density at radius 3 is 2.75 bits per heavy atom. The van der Waals surface area contributed by atoms with E-state index in [4.69, 9.17) is 9.47 Å². The Morgan fingerprint density at radius 1 is 1.21 bits per heavy atom. The molecular weight excluding hydrogens is 366 g/mol. The minimum absolute atomic E-state index is 0.170. The van der Waals surface area contributed by atoms with E-state index in [1.807, 2.05) is 25.1 Å². The summed E-state index contributed by atoms with van der Waals surface area (Å²) in [5, 5.41) is 0. The highest BCUT2D eigenvalue weighted by Gasteiger charge is 2.28. The van der Waals surface area contributed by atoms with Crippen molar-refractivity contribution in [1.82, 2.24) is 9.80 Å². The number of morpholine rings is 1. The van der Waals surface area contributed by atoms with Crippen molar-refractivity contribution in [2.75, 3.05) is 46.9 Å². The first kappa shape index (κ1) is 20.2. The first-order valence-electron chi connectivity index (χ1n) is 9.18. The number of carbonyl (C=O) groups is 1. The summed E-state index contributed by atoms with van der Waals surface area (Å²) < 4.78 is 38.2. The van der Waals surface area contributed by atoms with E-state index in [1.165, 1.54) is 6.07 Å². The third-order valence-corrected chi connectivity index (χ3v) is 4.58. The maximum absolute atomic E-state index is 13.6.